The van der Waals surface area contributed by atoms with Crippen molar-refractivity contribution in [3.05, 3.63) is 36.3 Å². The summed E-state index contributed by atoms with van der Waals surface area (Å²) in [4.78, 5) is 27.1. The number of nitrogens with zero attached hydrogens (tertiary/aromatic N) is 4. The number of pyridine rings is 1. The second-order valence-electron chi connectivity index (χ2n) is 5.89. The van der Waals surface area contributed by atoms with Crippen LogP contribution in [0.5, 0.6) is 0 Å². The number of aromatic nitrogens is 3. The zero-order valence-electron chi connectivity index (χ0n) is 13.0. The van der Waals surface area contributed by atoms with Gasteiger partial charge in [-0.3, -0.25) is 9.78 Å². The molecule has 5 nitrogen and oxygen atoms in total. The molecule has 0 spiro atoms. The fourth-order valence-electron chi connectivity index (χ4n) is 2.53. The predicted molar refractivity (Wildman–Crippen MR) is 85.8 cm³/mol. The first-order valence-electron chi connectivity index (χ1n) is 7.69. The van der Waals surface area contributed by atoms with E-state index in [2.05, 4.69) is 28.7 Å². The van der Waals surface area contributed by atoms with Crippen LogP contribution >= 0.6 is 0 Å². The third-order valence-electron chi connectivity index (χ3n) is 3.91. The Labute approximate surface area is 130 Å². The zero-order valence-corrected chi connectivity index (χ0v) is 13.0. The molecule has 0 saturated carbocycles. The minimum Gasteiger partial charge on any atom is -0.356 e. The van der Waals surface area contributed by atoms with Crippen molar-refractivity contribution in [2.45, 2.75) is 32.6 Å². The summed E-state index contributed by atoms with van der Waals surface area (Å²) in [5, 5.41) is 0. The number of Topliss-reactive ketones (excluding diaryl/α,β-unsaturated/α-hetero) is 1. The molecule has 1 aliphatic heterocycles. The van der Waals surface area contributed by atoms with E-state index in [9.17, 15) is 4.79 Å². The van der Waals surface area contributed by atoms with E-state index in [-0.39, 0.29) is 0 Å². The van der Waals surface area contributed by atoms with Crippen LogP contribution in [0.4, 0.5) is 5.82 Å². The van der Waals surface area contributed by atoms with Crippen molar-refractivity contribution < 1.29 is 4.79 Å². The maximum absolute atomic E-state index is 11.4. The molecule has 2 aromatic rings. The minimum atomic E-state index is 0.328. The highest BCUT2D eigenvalue weighted by atomic mass is 16.1. The van der Waals surface area contributed by atoms with Crippen molar-refractivity contribution in [2.24, 2.45) is 0 Å². The molecule has 0 unspecified atom stereocenters. The number of hydrogen-bond acceptors (Lipinski definition) is 5. The molecule has 22 heavy (non-hydrogen) atoms. The molecule has 3 heterocycles. The number of ketones is 1. The summed E-state index contributed by atoms with van der Waals surface area (Å²) < 4.78 is 0. The Morgan fingerprint density at radius 2 is 1.77 bits per heavy atom. The van der Waals surface area contributed by atoms with Crippen LogP contribution in [0.2, 0.25) is 0 Å². The average Bonchev–Trinajstić information content (AvgIpc) is 2.56. The van der Waals surface area contributed by atoms with E-state index < -0.39 is 0 Å². The quantitative estimate of drug-likeness (QED) is 0.871. The van der Waals surface area contributed by atoms with Crippen LogP contribution in [-0.4, -0.2) is 33.8 Å². The third kappa shape index (κ3) is 3.13. The smallest absolute Gasteiger partial charge is 0.161 e. The number of piperidine rings is 1. The van der Waals surface area contributed by atoms with E-state index in [4.69, 9.17) is 4.98 Å². The van der Waals surface area contributed by atoms with Gasteiger partial charge in [0.15, 0.2) is 5.82 Å². The minimum absolute atomic E-state index is 0.328. The first-order chi connectivity index (χ1) is 10.6. The van der Waals surface area contributed by atoms with E-state index in [1.165, 1.54) is 0 Å². The van der Waals surface area contributed by atoms with Crippen LogP contribution in [0.1, 0.15) is 38.3 Å². The number of hydrogen-bond donors (Lipinski definition) is 0. The van der Waals surface area contributed by atoms with Gasteiger partial charge >= 0.3 is 0 Å². The molecule has 114 valence electrons. The van der Waals surface area contributed by atoms with Crippen molar-refractivity contribution in [1.82, 2.24) is 15.0 Å². The monoisotopic (exact) mass is 296 g/mol. The number of anilines is 1. The molecule has 0 aliphatic carbocycles. The highest BCUT2D eigenvalue weighted by Gasteiger charge is 2.19. The van der Waals surface area contributed by atoms with Crippen molar-refractivity contribution in [2.75, 3.05) is 18.0 Å². The second-order valence-corrected chi connectivity index (χ2v) is 5.89. The molecule has 0 N–H and O–H groups in total. The van der Waals surface area contributed by atoms with Gasteiger partial charge in [0, 0.05) is 55.6 Å². The molecular formula is C17H20N4O. The normalized spacial score (nSPS) is 15.4. The molecule has 0 atom stereocenters. The van der Waals surface area contributed by atoms with Gasteiger partial charge in [0.05, 0.1) is 0 Å². The van der Waals surface area contributed by atoms with E-state index in [0.717, 1.165) is 36.0 Å². The van der Waals surface area contributed by atoms with Gasteiger partial charge in [-0.05, 0) is 18.1 Å². The number of rotatable bonds is 3. The molecule has 0 radical (unpaired) electrons. The fourth-order valence-corrected chi connectivity index (χ4v) is 2.53. The lowest BCUT2D eigenvalue weighted by atomic mass is 10.1. The van der Waals surface area contributed by atoms with Crippen LogP contribution in [0.25, 0.3) is 11.4 Å². The van der Waals surface area contributed by atoms with Crippen molar-refractivity contribution >= 4 is 11.6 Å². The van der Waals surface area contributed by atoms with Gasteiger partial charge in [-0.2, -0.15) is 0 Å². The Kier molecular flexibility index (Phi) is 4.13. The summed E-state index contributed by atoms with van der Waals surface area (Å²) in [7, 11) is 0. The molecule has 1 saturated heterocycles. The van der Waals surface area contributed by atoms with Crippen LogP contribution < -0.4 is 4.90 Å². The van der Waals surface area contributed by atoms with E-state index in [1.54, 1.807) is 12.4 Å². The number of carbonyl (C=O) groups excluding carboxylic acids is 1. The maximum atomic E-state index is 11.4. The van der Waals surface area contributed by atoms with Crippen molar-refractivity contribution in [3.8, 4) is 11.4 Å². The van der Waals surface area contributed by atoms with Gasteiger partial charge in [-0.25, -0.2) is 9.97 Å². The van der Waals surface area contributed by atoms with Crippen LogP contribution in [0, 0.1) is 0 Å². The average molecular weight is 296 g/mol. The third-order valence-corrected chi connectivity index (χ3v) is 3.91. The zero-order chi connectivity index (χ0) is 15.5. The molecule has 1 fully saturated rings. The van der Waals surface area contributed by atoms with Crippen LogP contribution in [0.15, 0.2) is 30.6 Å². The molecule has 3 rings (SSSR count). The first kappa shape index (κ1) is 14.6. The second kappa shape index (κ2) is 6.22. The molecule has 0 bridgehead atoms. The highest BCUT2D eigenvalue weighted by molar-refractivity contribution is 5.80. The lowest BCUT2D eigenvalue weighted by Gasteiger charge is -2.28. The molecular weight excluding hydrogens is 276 g/mol. The van der Waals surface area contributed by atoms with Crippen molar-refractivity contribution in [1.29, 1.82) is 0 Å². The summed E-state index contributed by atoms with van der Waals surface area (Å²) >= 11 is 0. The largest absolute Gasteiger partial charge is 0.356 e. The Morgan fingerprint density at radius 3 is 2.41 bits per heavy atom. The van der Waals surface area contributed by atoms with Gasteiger partial charge < -0.3 is 4.90 Å². The molecule has 5 heteroatoms. The van der Waals surface area contributed by atoms with Gasteiger partial charge in [0.2, 0.25) is 0 Å². The number of carbonyl (C=O) groups is 1. The summed E-state index contributed by atoms with van der Waals surface area (Å²) in [5.41, 5.74) is 1.99. The summed E-state index contributed by atoms with van der Waals surface area (Å²) in [5.74, 6) is 2.30. The molecule has 1 aliphatic rings. The SMILES string of the molecule is CC(C)c1cc(N2CCC(=O)CC2)nc(-c2ccncc2)n1. The topological polar surface area (TPSA) is 59.0 Å². The van der Waals surface area contributed by atoms with Crippen molar-refractivity contribution in [3.63, 3.8) is 0 Å². The lowest BCUT2D eigenvalue weighted by Crippen LogP contribution is -2.34. The van der Waals surface area contributed by atoms with E-state index in [0.29, 0.717) is 24.5 Å². The van der Waals surface area contributed by atoms with Gasteiger partial charge in [0.25, 0.3) is 0 Å². The lowest BCUT2D eigenvalue weighted by molar-refractivity contribution is -0.119. The Morgan fingerprint density at radius 1 is 1.09 bits per heavy atom. The molecule has 0 aromatic carbocycles. The molecule has 0 amide bonds. The predicted octanol–water partition coefficient (Wildman–Crippen LogP) is 2.83. The van der Waals surface area contributed by atoms with Gasteiger partial charge in [0.1, 0.15) is 11.6 Å². The van der Waals surface area contributed by atoms with Gasteiger partial charge in [-0.1, -0.05) is 13.8 Å². The Balaban J connectivity index is 1.99. The summed E-state index contributed by atoms with van der Waals surface area (Å²) in [6.07, 6.45) is 4.71. The standard InChI is InChI=1S/C17H20N4O/c1-12(2)15-11-16(21-9-5-14(22)6-10-21)20-17(19-15)13-3-7-18-8-4-13/h3-4,7-8,11-12H,5-6,9-10H2,1-2H3. The van der Waals surface area contributed by atoms with E-state index in [1.807, 2.05) is 18.2 Å². The Bertz CT molecular complexity index is 660. The summed E-state index contributed by atoms with van der Waals surface area (Å²) in [6.45, 7) is 5.73. The fraction of sp³-hybridized carbons (Fsp3) is 0.412. The first-order valence-corrected chi connectivity index (χ1v) is 7.69. The van der Waals surface area contributed by atoms with Gasteiger partial charge in [-0.15, -0.1) is 0 Å². The van der Waals surface area contributed by atoms with E-state index >= 15 is 0 Å². The Hall–Kier alpha value is -2.30. The highest BCUT2D eigenvalue weighted by Crippen LogP contribution is 2.25. The maximum Gasteiger partial charge on any atom is 0.161 e. The van der Waals surface area contributed by atoms with Crippen LogP contribution in [-0.2, 0) is 4.79 Å². The van der Waals surface area contributed by atoms with Crippen LogP contribution in [0.3, 0.4) is 0 Å². The molecule has 2 aromatic heterocycles. The summed E-state index contributed by atoms with van der Waals surface area (Å²) in [6, 6.07) is 5.89.